The van der Waals surface area contributed by atoms with Gasteiger partial charge in [0, 0.05) is 63.6 Å². The highest BCUT2D eigenvalue weighted by Gasteiger charge is 2.34. The fourth-order valence-corrected chi connectivity index (χ4v) is 5.03. The summed E-state index contributed by atoms with van der Waals surface area (Å²) in [5, 5.41) is 3.23. The molecule has 1 aliphatic carbocycles. The van der Waals surface area contributed by atoms with Crippen molar-refractivity contribution in [3.05, 3.63) is 54.5 Å². The Morgan fingerprint density at radius 2 is 1.88 bits per heavy atom. The van der Waals surface area contributed by atoms with Crippen molar-refractivity contribution < 1.29 is 18.0 Å². The highest BCUT2D eigenvalue weighted by atomic mass is 19.4. The maximum Gasteiger partial charge on any atom is 0.397 e. The Morgan fingerprint density at radius 3 is 2.63 bits per heavy atom. The van der Waals surface area contributed by atoms with Gasteiger partial charge in [0.25, 0.3) is 0 Å². The zero-order chi connectivity index (χ0) is 28.6. The van der Waals surface area contributed by atoms with Gasteiger partial charge >= 0.3 is 6.18 Å². The van der Waals surface area contributed by atoms with E-state index in [4.69, 9.17) is 0 Å². The van der Waals surface area contributed by atoms with Crippen LogP contribution in [0.15, 0.2) is 48.9 Å². The van der Waals surface area contributed by atoms with Gasteiger partial charge in [0.05, 0.1) is 16.7 Å². The molecule has 0 unspecified atom stereocenters. The van der Waals surface area contributed by atoms with Crippen LogP contribution in [0.4, 0.5) is 30.8 Å². The molecule has 4 heterocycles. The summed E-state index contributed by atoms with van der Waals surface area (Å²) < 4.78 is 37.6. The summed E-state index contributed by atoms with van der Waals surface area (Å²) in [6.45, 7) is 2.16. The molecule has 1 saturated carbocycles. The molecule has 1 amide bonds. The molecule has 41 heavy (non-hydrogen) atoms. The van der Waals surface area contributed by atoms with Crippen molar-refractivity contribution >= 4 is 34.5 Å². The summed E-state index contributed by atoms with van der Waals surface area (Å²) in [5.74, 6) is 1.21. The van der Waals surface area contributed by atoms with Crippen LogP contribution in [0.5, 0.6) is 0 Å². The van der Waals surface area contributed by atoms with Gasteiger partial charge in [0.15, 0.2) is 0 Å². The number of H-pyrrole nitrogens is 1. The molecule has 3 aromatic heterocycles. The fraction of sp³-hybridized carbons (Fsp3) is 0.393. The van der Waals surface area contributed by atoms with Crippen LogP contribution < -0.4 is 10.2 Å². The van der Waals surface area contributed by atoms with Gasteiger partial charge in [0.2, 0.25) is 11.9 Å². The van der Waals surface area contributed by atoms with Crippen molar-refractivity contribution in [2.45, 2.75) is 38.0 Å². The molecule has 2 N–H and O–H groups in total. The summed E-state index contributed by atoms with van der Waals surface area (Å²) in [6, 6.07) is 12.3. The third-order valence-electron chi connectivity index (χ3n) is 7.44. The number of fused-ring (bicyclic) bond motifs is 1. The number of anilines is 3. The second-order valence-electron chi connectivity index (χ2n) is 10.5. The zero-order valence-electron chi connectivity index (χ0n) is 22.5. The normalized spacial score (nSPS) is 16.2. The number of hydrogen-bond donors (Lipinski definition) is 2. The molecule has 214 valence electrons. The van der Waals surface area contributed by atoms with Gasteiger partial charge in [-0.05, 0) is 42.7 Å². The number of alkyl halides is 3. The van der Waals surface area contributed by atoms with Gasteiger partial charge in [0.1, 0.15) is 24.4 Å². The molecule has 2 fully saturated rings. The quantitative estimate of drug-likeness (QED) is 0.325. The molecule has 1 saturated heterocycles. The molecule has 4 aromatic rings. The van der Waals surface area contributed by atoms with Gasteiger partial charge in [-0.25, -0.2) is 19.9 Å². The molecule has 10 nitrogen and oxygen atoms in total. The average molecular weight is 566 g/mol. The van der Waals surface area contributed by atoms with E-state index in [-0.39, 0.29) is 13.1 Å². The number of benzene rings is 1. The van der Waals surface area contributed by atoms with E-state index in [1.54, 1.807) is 12.5 Å². The monoisotopic (exact) mass is 565 g/mol. The Hall–Kier alpha value is -4.26. The predicted molar refractivity (Wildman–Crippen MR) is 149 cm³/mol. The van der Waals surface area contributed by atoms with Crippen molar-refractivity contribution in [1.82, 2.24) is 34.7 Å². The number of aromatic nitrogens is 5. The summed E-state index contributed by atoms with van der Waals surface area (Å²) in [7, 11) is 2.06. The Kier molecular flexibility index (Phi) is 7.20. The number of aromatic amines is 1. The third-order valence-corrected chi connectivity index (χ3v) is 7.44. The molecule has 0 atom stereocenters. The van der Waals surface area contributed by atoms with Crippen molar-refractivity contribution in [1.29, 1.82) is 0 Å². The Labute approximate surface area is 234 Å². The highest BCUT2D eigenvalue weighted by molar-refractivity contribution is 5.83. The Morgan fingerprint density at radius 1 is 1.07 bits per heavy atom. The average Bonchev–Trinajstić information content (AvgIpc) is 3.72. The van der Waals surface area contributed by atoms with Crippen molar-refractivity contribution in [3.8, 4) is 11.3 Å². The van der Waals surface area contributed by atoms with Crippen LogP contribution in [-0.2, 0) is 11.3 Å². The first-order valence-corrected chi connectivity index (χ1v) is 13.5. The first-order valence-electron chi connectivity index (χ1n) is 13.5. The van der Waals surface area contributed by atoms with Crippen LogP contribution in [0.25, 0.3) is 22.3 Å². The topological polar surface area (TPSA) is 106 Å². The molecule has 0 spiro atoms. The first-order chi connectivity index (χ1) is 19.7. The summed E-state index contributed by atoms with van der Waals surface area (Å²) in [4.78, 5) is 38.7. The lowest BCUT2D eigenvalue weighted by Crippen LogP contribution is -2.49. The molecule has 1 aromatic carbocycles. The van der Waals surface area contributed by atoms with Gasteiger partial charge in [-0.2, -0.15) is 13.2 Å². The minimum Gasteiger partial charge on any atom is -0.357 e. The number of carbonyl (C=O) groups is 1. The minimum atomic E-state index is -4.48. The molecule has 6 rings (SSSR count). The smallest absolute Gasteiger partial charge is 0.357 e. The molecule has 2 aliphatic rings. The summed E-state index contributed by atoms with van der Waals surface area (Å²) in [6.07, 6.45) is -0.209. The van der Waals surface area contributed by atoms with Crippen LogP contribution in [0.3, 0.4) is 0 Å². The van der Waals surface area contributed by atoms with E-state index in [0.717, 1.165) is 33.7 Å². The van der Waals surface area contributed by atoms with E-state index in [1.165, 1.54) is 17.7 Å². The summed E-state index contributed by atoms with van der Waals surface area (Å²) in [5.41, 5.74) is 4.45. The van der Waals surface area contributed by atoms with Crippen LogP contribution in [0.1, 0.15) is 24.8 Å². The fourth-order valence-electron chi connectivity index (χ4n) is 5.03. The number of nitrogens with one attached hydrogen (secondary N) is 2. The lowest BCUT2D eigenvalue weighted by molar-refractivity contribution is -0.162. The van der Waals surface area contributed by atoms with Crippen molar-refractivity contribution in [2.24, 2.45) is 0 Å². The Balaban J connectivity index is 1.09. The SMILES string of the molecule is CN(c1cc(-c2ccc3nc(Nc4cc(CN5CCN(C(=O)CC(F)(F)F)CC5)ccn4)[nH]c3c2)ncn1)C1CC1. The van der Waals surface area contributed by atoms with Crippen LogP contribution in [0, 0.1) is 0 Å². The number of pyridine rings is 1. The molecule has 1 aliphatic heterocycles. The number of piperazine rings is 1. The van der Waals surface area contributed by atoms with Gasteiger partial charge in [-0.1, -0.05) is 6.07 Å². The van der Waals surface area contributed by atoms with E-state index >= 15 is 0 Å². The van der Waals surface area contributed by atoms with E-state index in [9.17, 15) is 18.0 Å². The highest BCUT2D eigenvalue weighted by Crippen LogP contribution is 2.31. The van der Waals surface area contributed by atoms with E-state index in [2.05, 4.69) is 47.1 Å². The predicted octanol–water partition coefficient (Wildman–Crippen LogP) is 4.35. The summed E-state index contributed by atoms with van der Waals surface area (Å²) >= 11 is 0. The molecular formula is C28H30F3N9O. The molecular weight excluding hydrogens is 535 g/mol. The Bertz CT molecular complexity index is 1540. The first kappa shape index (κ1) is 26.9. The second kappa shape index (κ2) is 11.0. The van der Waals surface area contributed by atoms with Gasteiger partial charge in [-0.15, -0.1) is 0 Å². The van der Waals surface area contributed by atoms with E-state index < -0.39 is 18.5 Å². The number of halogens is 3. The van der Waals surface area contributed by atoms with Crippen molar-refractivity contribution in [2.75, 3.05) is 43.4 Å². The zero-order valence-corrected chi connectivity index (χ0v) is 22.5. The number of nitrogens with zero attached hydrogens (tertiary/aromatic N) is 7. The van der Waals surface area contributed by atoms with Gasteiger partial charge < -0.3 is 20.1 Å². The largest absolute Gasteiger partial charge is 0.397 e. The molecule has 0 radical (unpaired) electrons. The standard InChI is InChI=1S/C28H30F3N9O/c1-38(20-3-4-20)25-14-22(33-17-34-25)19-2-5-21-23(13-19)36-27(35-21)37-24-12-18(6-7-32-24)16-39-8-10-40(11-9-39)26(41)15-28(29,30)31/h2,5-7,12-14,17,20H,3-4,8-11,15-16H2,1H3,(H2,32,35,36,37). The van der Waals surface area contributed by atoms with E-state index in [0.29, 0.717) is 37.4 Å². The van der Waals surface area contributed by atoms with Crippen LogP contribution in [-0.4, -0.2) is 86.1 Å². The maximum atomic E-state index is 12.5. The van der Waals surface area contributed by atoms with Crippen LogP contribution in [0.2, 0.25) is 0 Å². The number of imidazole rings is 1. The molecule has 13 heteroatoms. The number of hydrogen-bond acceptors (Lipinski definition) is 8. The lowest BCUT2D eigenvalue weighted by Gasteiger charge is -2.35. The number of carbonyl (C=O) groups excluding carboxylic acids is 1. The second-order valence-corrected chi connectivity index (χ2v) is 10.5. The third kappa shape index (κ3) is 6.56. The minimum absolute atomic E-state index is 0.277. The van der Waals surface area contributed by atoms with E-state index in [1.807, 2.05) is 36.4 Å². The maximum absolute atomic E-state index is 12.5. The van der Waals surface area contributed by atoms with Gasteiger partial charge in [-0.3, -0.25) is 9.69 Å². The number of amides is 1. The molecule has 0 bridgehead atoms. The van der Waals surface area contributed by atoms with Crippen LogP contribution >= 0.6 is 0 Å². The lowest BCUT2D eigenvalue weighted by atomic mass is 10.1. The number of rotatable bonds is 8. The van der Waals surface area contributed by atoms with Crippen molar-refractivity contribution in [3.63, 3.8) is 0 Å².